The molecule has 0 amide bonds. The maximum atomic E-state index is 6.16. The lowest BCUT2D eigenvalue weighted by atomic mass is 10.1. The minimum absolute atomic E-state index is 0.247. The fraction of sp³-hybridized carbons (Fsp3) is 0.467. The largest absolute Gasteiger partial charge is 0.406 e. The van der Waals surface area contributed by atoms with E-state index in [1.165, 1.54) is 24.8 Å². The Labute approximate surface area is 118 Å². The summed E-state index contributed by atoms with van der Waals surface area (Å²) in [5.41, 5.74) is 7.33. The normalized spacial score (nSPS) is 17.1. The van der Waals surface area contributed by atoms with Gasteiger partial charge >= 0.3 is 6.01 Å². The Morgan fingerprint density at radius 3 is 2.60 bits per heavy atom. The van der Waals surface area contributed by atoms with Crippen LogP contribution < -0.4 is 10.6 Å². The molecular formula is C15H20N4O. The first-order valence-corrected chi connectivity index (χ1v) is 7.21. The molecule has 3 rings (SSSR count). The molecule has 1 aromatic carbocycles. The zero-order valence-corrected chi connectivity index (χ0v) is 11.5. The standard InChI is InChI=1S/C15H20N4O/c16-13(11-12-7-3-1-4-8-12)14-17-18-15(20-14)19-9-5-2-6-10-19/h1,3-4,7-8,13H,2,5-6,9-11,16H2. The topological polar surface area (TPSA) is 68.2 Å². The fourth-order valence-electron chi connectivity index (χ4n) is 2.54. The molecule has 0 spiro atoms. The van der Waals surface area contributed by atoms with E-state index in [9.17, 15) is 0 Å². The summed E-state index contributed by atoms with van der Waals surface area (Å²) in [5, 5.41) is 8.24. The average molecular weight is 272 g/mol. The Balaban J connectivity index is 1.66. The van der Waals surface area contributed by atoms with Gasteiger partial charge in [-0.25, -0.2) is 0 Å². The molecule has 0 bridgehead atoms. The van der Waals surface area contributed by atoms with Gasteiger partial charge in [0.15, 0.2) is 0 Å². The van der Waals surface area contributed by atoms with Crippen LogP contribution in [0.3, 0.4) is 0 Å². The summed E-state index contributed by atoms with van der Waals surface area (Å²) < 4.78 is 5.74. The summed E-state index contributed by atoms with van der Waals surface area (Å²) >= 11 is 0. The lowest BCUT2D eigenvalue weighted by Gasteiger charge is -2.24. The summed E-state index contributed by atoms with van der Waals surface area (Å²) in [6.45, 7) is 1.99. The summed E-state index contributed by atoms with van der Waals surface area (Å²) in [6, 6.07) is 10.5. The van der Waals surface area contributed by atoms with E-state index in [-0.39, 0.29) is 6.04 Å². The van der Waals surface area contributed by atoms with E-state index in [1.807, 2.05) is 18.2 Å². The van der Waals surface area contributed by atoms with Crippen molar-refractivity contribution in [2.75, 3.05) is 18.0 Å². The third-order valence-corrected chi connectivity index (χ3v) is 3.67. The van der Waals surface area contributed by atoms with Crippen LogP contribution in [0.5, 0.6) is 0 Å². The molecule has 2 heterocycles. The summed E-state index contributed by atoms with van der Waals surface area (Å²) in [5.74, 6) is 0.523. The van der Waals surface area contributed by atoms with E-state index >= 15 is 0 Å². The van der Waals surface area contributed by atoms with Crippen LogP contribution in [-0.2, 0) is 6.42 Å². The molecule has 0 aliphatic carbocycles. The van der Waals surface area contributed by atoms with Crippen molar-refractivity contribution in [1.82, 2.24) is 10.2 Å². The van der Waals surface area contributed by atoms with Gasteiger partial charge in [-0.3, -0.25) is 0 Å². The molecule has 1 fully saturated rings. The number of hydrogen-bond donors (Lipinski definition) is 1. The van der Waals surface area contributed by atoms with Crippen LogP contribution in [0.1, 0.15) is 36.8 Å². The molecule has 2 aromatic rings. The number of aromatic nitrogens is 2. The van der Waals surface area contributed by atoms with Gasteiger partial charge in [0.25, 0.3) is 0 Å². The first-order valence-electron chi connectivity index (χ1n) is 7.21. The zero-order valence-electron chi connectivity index (χ0n) is 11.5. The number of nitrogens with zero attached hydrogens (tertiary/aromatic N) is 3. The summed E-state index contributed by atoms with van der Waals surface area (Å²) in [7, 11) is 0. The molecule has 20 heavy (non-hydrogen) atoms. The molecule has 1 aliphatic rings. The van der Waals surface area contributed by atoms with Crippen molar-refractivity contribution in [3.63, 3.8) is 0 Å². The molecule has 0 radical (unpaired) electrons. The predicted molar refractivity (Wildman–Crippen MR) is 77.4 cm³/mol. The Morgan fingerprint density at radius 2 is 1.85 bits per heavy atom. The van der Waals surface area contributed by atoms with E-state index in [0.717, 1.165) is 13.1 Å². The molecule has 1 saturated heterocycles. The molecule has 5 heteroatoms. The van der Waals surface area contributed by atoms with Gasteiger partial charge in [-0.1, -0.05) is 35.4 Å². The first kappa shape index (κ1) is 13.1. The smallest absolute Gasteiger partial charge is 0.318 e. The van der Waals surface area contributed by atoms with E-state index in [1.54, 1.807) is 0 Å². The highest BCUT2D eigenvalue weighted by Gasteiger charge is 2.20. The number of piperidine rings is 1. The molecule has 1 atom stereocenters. The van der Waals surface area contributed by atoms with Crippen molar-refractivity contribution in [3.8, 4) is 0 Å². The van der Waals surface area contributed by atoms with Crippen LogP contribution in [0, 0.1) is 0 Å². The van der Waals surface area contributed by atoms with Crippen molar-refractivity contribution in [2.45, 2.75) is 31.7 Å². The highest BCUT2D eigenvalue weighted by Crippen LogP contribution is 2.21. The number of nitrogens with two attached hydrogens (primary N) is 1. The van der Waals surface area contributed by atoms with Gasteiger partial charge in [-0.15, -0.1) is 5.10 Å². The Hall–Kier alpha value is -1.88. The Kier molecular flexibility index (Phi) is 3.97. The van der Waals surface area contributed by atoms with E-state index < -0.39 is 0 Å². The van der Waals surface area contributed by atoms with Crippen molar-refractivity contribution < 1.29 is 4.42 Å². The van der Waals surface area contributed by atoms with Crippen LogP contribution in [0.2, 0.25) is 0 Å². The van der Waals surface area contributed by atoms with Gasteiger partial charge in [0.05, 0.1) is 6.04 Å². The third kappa shape index (κ3) is 2.99. The number of anilines is 1. The van der Waals surface area contributed by atoms with Gasteiger partial charge in [-0.05, 0) is 31.2 Å². The van der Waals surface area contributed by atoms with Crippen molar-refractivity contribution >= 4 is 6.01 Å². The average Bonchev–Trinajstić information content (AvgIpc) is 2.99. The van der Waals surface area contributed by atoms with Crippen LogP contribution in [0.15, 0.2) is 34.7 Å². The second-order valence-electron chi connectivity index (χ2n) is 5.27. The fourth-order valence-corrected chi connectivity index (χ4v) is 2.54. The lowest BCUT2D eigenvalue weighted by Crippen LogP contribution is -2.29. The molecule has 0 saturated carbocycles. The summed E-state index contributed by atoms with van der Waals surface area (Å²) in [4.78, 5) is 2.15. The zero-order chi connectivity index (χ0) is 13.8. The van der Waals surface area contributed by atoms with E-state index in [0.29, 0.717) is 18.3 Å². The molecule has 106 valence electrons. The predicted octanol–water partition coefficient (Wildman–Crippen LogP) is 2.30. The quantitative estimate of drug-likeness (QED) is 0.925. The highest BCUT2D eigenvalue weighted by molar-refractivity contribution is 5.25. The molecule has 1 aliphatic heterocycles. The van der Waals surface area contributed by atoms with Crippen LogP contribution in [0.4, 0.5) is 6.01 Å². The second kappa shape index (κ2) is 6.05. The summed E-state index contributed by atoms with van der Waals surface area (Å²) in [6.07, 6.45) is 4.37. The molecule has 1 unspecified atom stereocenters. The van der Waals surface area contributed by atoms with Crippen LogP contribution in [0.25, 0.3) is 0 Å². The monoisotopic (exact) mass is 272 g/mol. The van der Waals surface area contributed by atoms with Crippen LogP contribution in [-0.4, -0.2) is 23.3 Å². The molecule has 5 nitrogen and oxygen atoms in total. The van der Waals surface area contributed by atoms with Gasteiger partial charge in [0.1, 0.15) is 0 Å². The number of benzene rings is 1. The SMILES string of the molecule is NC(Cc1ccccc1)c1nnc(N2CCCCC2)o1. The lowest BCUT2D eigenvalue weighted by molar-refractivity contribution is 0.431. The van der Waals surface area contributed by atoms with E-state index in [4.69, 9.17) is 10.2 Å². The Morgan fingerprint density at radius 1 is 1.10 bits per heavy atom. The first-order chi connectivity index (χ1) is 9.83. The Bertz CT molecular complexity index is 534. The number of rotatable bonds is 4. The van der Waals surface area contributed by atoms with E-state index in [2.05, 4.69) is 27.2 Å². The van der Waals surface area contributed by atoms with Crippen LogP contribution >= 0.6 is 0 Å². The van der Waals surface area contributed by atoms with Gasteiger partial charge in [0.2, 0.25) is 5.89 Å². The molecule has 1 aromatic heterocycles. The van der Waals surface area contributed by atoms with Gasteiger partial charge < -0.3 is 15.1 Å². The van der Waals surface area contributed by atoms with Crippen molar-refractivity contribution in [1.29, 1.82) is 0 Å². The maximum absolute atomic E-state index is 6.16. The van der Waals surface area contributed by atoms with Gasteiger partial charge in [0, 0.05) is 13.1 Å². The minimum atomic E-state index is -0.247. The third-order valence-electron chi connectivity index (χ3n) is 3.67. The second-order valence-corrected chi connectivity index (χ2v) is 5.27. The molecule has 2 N–H and O–H groups in total. The number of hydrogen-bond acceptors (Lipinski definition) is 5. The molecular weight excluding hydrogens is 252 g/mol. The van der Waals surface area contributed by atoms with Gasteiger partial charge in [-0.2, -0.15) is 0 Å². The van der Waals surface area contributed by atoms with Crippen molar-refractivity contribution in [2.24, 2.45) is 5.73 Å². The highest BCUT2D eigenvalue weighted by atomic mass is 16.4. The minimum Gasteiger partial charge on any atom is -0.406 e. The maximum Gasteiger partial charge on any atom is 0.318 e. The van der Waals surface area contributed by atoms with Crippen molar-refractivity contribution in [3.05, 3.63) is 41.8 Å².